The SMILES string of the molecule is C=C1C(=O)O[C@H]2[C@H]1CC/C(COC(=O)/C=C/c1ccc(C#N)cc1)=C\CC[C@@]1(C)O[C@@H]21. The Labute approximate surface area is 181 Å². The van der Waals surface area contributed by atoms with E-state index in [0.717, 1.165) is 24.0 Å². The number of allylic oxidation sites excluding steroid dienone is 1. The first-order chi connectivity index (χ1) is 14.9. The fraction of sp³-hybridized carbons (Fsp3) is 0.400. The summed E-state index contributed by atoms with van der Waals surface area (Å²) in [6.07, 6.45) is 7.85. The van der Waals surface area contributed by atoms with E-state index < -0.39 is 5.97 Å². The number of rotatable bonds is 4. The third-order valence-corrected chi connectivity index (χ3v) is 6.29. The van der Waals surface area contributed by atoms with Gasteiger partial charge in [0.25, 0.3) is 0 Å². The number of benzene rings is 1. The Hall–Kier alpha value is -3.17. The summed E-state index contributed by atoms with van der Waals surface area (Å²) in [5.74, 6) is -0.841. The molecule has 3 aliphatic rings. The van der Waals surface area contributed by atoms with Crippen molar-refractivity contribution in [2.45, 2.75) is 50.4 Å². The summed E-state index contributed by atoms with van der Waals surface area (Å²) in [7, 11) is 0. The standard InChI is InChI=1S/C25H25NO5/c1-16-20-11-9-19(4-3-13-25(2)23(31-25)22(20)30-24(16)28)15-29-21(27)12-10-17-5-7-18(14-26)8-6-17/h4-8,10,12,20,22-23H,1,3,9,11,13,15H2,2H3/b12-10+,19-4+/t20-,22-,23-,25+/m0/s1. The van der Waals surface area contributed by atoms with Crippen LogP contribution in [0.25, 0.3) is 6.08 Å². The Bertz CT molecular complexity index is 1000. The maximum atomic E-state index is 12.2. The van der Waals surface area contributed by atoms with E-state index in [1.54, 1.807) is 30.3 Å². The summed E-state index contributed by atoms with van der Waals surface area (Å²) in [5, 5.41) is 8.84. The van der Waals surface area contributed by atoms with Crippen LogP contribution < -0.4 is 0 Å². The Kier molecular flexibility index (Phi) is 5.79. The topological polar surface area (TPSA) is 88.9 Å². The maximum Gasteiger partial charge on any atom is 0.334 e. The number of hydrogen-bond acceptors (Lipinski definition) is 6. The zero-order valence-electron chi connectivity index (χ0n) is 17.5. The molecule has 1 aromatic carbocycles. The highest BCUT2D eigenvalue weighted by molar-refractivity contribution is 5.91. The number of carbonyl (C=O) groups is 2. The molecule has 0 bridgehead atoms. The number of nitriles is 1. The Morgan fingerprint density at radius 1 is 1.39 bits per heavy atom. The Balaban J connectivity index is 1.36. The van der Waals surface area contributed by atoms with Gasteiger partial charge in [-0.05, 0) is 62.0 Å². The van der Waals surface area contributed by atoms with Crippen molar-refractivity contribution >= 4 is 18.0 Å². The molecule has 4 rings (SSSR count). The number of epoxide rings is 1. The van der Waals surface area contributed by atoms with Crippen molar-refractivity contribution < 1.29 is 23.8 Å². The van der Waals surface area contributed by atoms with Crippen molar-refractivity contribution in [2.24, 2.45) is 5.92 Å². The van der Waals surface area contributed by atoms with Gasteiger partial charge >= 0.3 is 11.9 Å². The molecule has 1 aliphatic carbocycles. The van der Waals surface area contributed by atoms with E-state index in [0.29, 0.717) is 24.0 Å². The first-order valence-corrected chi connectivity index (χ1v) is 10.5. The molecule has 0 saturated carbocycles. The van der Waals surface area contributed by atoms with Gasteiger partial charge in [0.15, 0.2) is 0 Å². The van der Waals surface area contributed by atoms with Gasteiger partial charge < -0.3 is 14.2 Å². The van der Waals surface area contributed by atoms with Gasteiger partial charge in [-0.15, -0.1) is 0 Å². The molecule has 0 unspecified atom stereocenters. The molecule has 4 atom stereocenters. The summed E-state index contributed by atoms with van der Waals surface area (Å²) < 4.78 is 16.9. The van der Waals surface area contributed by atoms with E-state index >= 15 is 0 Å². The van der Waals surface area contributed by atoms with E-state index in [1.165, 1.54) is 6.08 Å². The highest BCUT2D eigenvalue weighted by Gasteiger charge is 2.61. The number of carbonyl (C=O) groups excluding carboxylic acids is 2. The highest BCUT2D eigenvalue weighted by atomic mass is 16.6. The number of hydrogen-bond donors (Lipinski definition) is 0. The lowest BCUT2D eigenvalue weighted by Crippen LogP contribution is -2.29. The largest absolute Gasteiger partial charge is 0.458 e. The minimum absolute atomic E-state index is 0.0687. The van der Waals surface area contributed by atoms with Crippen molar-refractivity contribution in [1.29, 1.82) is 5.26 Å². The number of nitrogens with zero attached hydrogens (tertiary/aromatic N) is 1. The summed E-state index contributed by atoms with van der Waals surface area (Å²) in [6.45, 7) is 6.18. The smallest absolute Gasteiger partial charge is 0.334 e. The van der Waals surface area contributed by atoms with Crippen molar-refractivity contribution in [3.8, 4) is 6.07 Å². The second-order valence-electron chi connectivity index (χ2n) is 8.47. The number of esters is 2. The van der Waals surface area contributed by atoms with Crippen molar-refractivity contribution in [2.75, 3.05) is 6.61 Å². The fourth-order valence-corrected chi connectivity index (χ4v) is 4.30. The second-order valence-corrected chi connectivity index (χ2v) is 8.47. The van der Waals surface area contributed by atoms with Crippen LogP contribution in [0.15, 0.2) is 54.1 Å². The molecular weight excluding hydrogens is 394 g/mol. The van der Waals surface area contributed by atoms with E-state index in [1.807, 2.05) is 6.92 Å². The zero-order chi connectivity index (χ0) is 22.0. The number of fused-ring (bicyclic) bond motifs is 3. The molecule has 31 heavy (non-hydrogen) atoms. The van der Waals surface area contributed by atoms with Crippen molar-refractivity contribution in [3.05, 3.63) is 65.3 Å². The molecule has 6 nitrogen and oxygen atoms in total. The van der Waals surface area contributed by atoms with Gasteiger partial charge in [0, 0.05) is 17.6 Å². The van der Waals surface area contributed by atoms with Gasteiger partial charge in [0.2, 0.25) is 0 Å². The number of ether oxygens (including phenoxy) is 3. The molecular formula is C25H25NO5. The molecule has 2 fully saturated rings. The Morgan fingerprint density at radius 3 is 2.90 bits per heavy atom. The lowest BCUT2D eigenvalue weighted by molar-refractivity contribution is -0.140. The average Bonchev–Trinajstić information content (AvgIpc) is 3.36. The molecule has 160 valence electrons. The van der Waals surface area contributed by atoms with Crippen LogP contribution in [0.1, 0.15) is 43.7 Å². The highest BCUT2D eigenvalue weighted by Crippen LogP contribution is 2.49. The van der Waals surface area contributed by atoms with Crippen molar-refractivity contribution in [3.63, 3.8) is 0 Å². The van der Waals surface area contributed by atoms with Crippen LogP contribution in [0.2, 0.25) is 0 Å². The van der Waals surface area contributed by atoms with Gasteiger partial charge in [-0.25, -0.2) is 9.59 Å². The lowest BCUT2D eigenvalue weighted by Gasteiger charge is -2.20. The van der Waals surface area contributed by atoms with E-state index in [9.17, 15) is 9.59 Å². The summed E-state index contributed by atoms with van der Waals surface area (Å²) in [4.78, 5) is 24.2. The van der Waals surface area contributed by atoms with Gasteiger partial charge in [0.1, 0.15) is 18.8 Å². The van der Waals surface area contributed by atoms with Gasteiger partial charge in [-0.2, -0.15) is 5.26 Å². The third kappa shape index (κ3) is 4.62. The molecule has 0 amide bonds. The third-order valence-electron chi connectivity index (χ3n) is 6.29. The monoisotopic (exact) mass is 419 g/mol. The molecule has 0 spiro atoms. The molecule has 1 aromatic rings. The Morgan fingerprint density at radius 2 is 2.16 bits per heavy atom. The minimum Gasteiger partial charge on any atom is -0.458 e. The van der Waals surface area contributed by atoms with E-state index in [-0.39, 0.29) is 36.3 Å². The molecule has 0 N–H and O–H groups in total. The molecule has 0 aromatic heterocycles. The van der Waals surface area contributed by atoms with Crippen molar-refractivity contribution in [1.82, 2.24) is 0 Å². The predicted molar refractivity (Wildman–Crippen MR) is 113 cm³/mol. The summed E-state index contributed by atoms with van der Waals surface area (Å²) in [5.41, 5.74) is 2.63. The normalized spacial score (nSPS) is 31.6. The molecule has 2 aliphatic heterocycles. The van der Waals surface area contributed by atoms with Crippen LogP contribution in [0.4, 0.5) is 0 Å². The fourth-order valence-electron chi connectivity index (χ4n) is 4.30. The molecule has 6 heteroatoms. The van der Waals surface area contributed by atoms with Gasteiger partial charge in [0.05, 0.1) is 17.2 Å². The second kappa shape index (κ2) is 8.52. The summed E-state index contributed by atoms with van der Waals surface area (Å²) in [6, 6.07) is 9.00. The maximum absolute atomic E-state index is 12.2. The molecule has 2 heterocycles. The zero-order valence-corrected chi connectivity index (χ0v) is 17.5. The van der Waals surface area contributed by atoms with Crippen LogP contribution >= 0.6 is 0 Å². The average molecular weight is 419 g/mol. The first-order valence-electron chi connectivity index (χ1n) is 10.5. The van der Waals surface area contributed by atoms with Crippen LogP contribution in [0.3, 0.4) is 0 Å². The van der Waals surface area contributed by atoms with Crippen LogP contribution in [-0.2, 0) is 23.8 Å². The predicted octanol–water partition coefficient (Wildman–Crippen LogP) is 3.87. The van der Waals surface area contributed by atoms with Gasteiger partial charge in [-0.3, -0.25) is 0 Å². The van der Waals surface area contributed by atoms with Gasteiger partial charge in [-0.1, -0.05) is 24.8 Å². The first kappa shape index (κ1) is 21.1. The lowest BCUT2D eigenvalue weighted by atomic mass is 9.84. The molecule has 0 radical (unpaired) electrons. The summed E-state index contributed by atoms with van der Waals surface area (Å²) >= 11 is 0. The minimum atomic E-state index is -0.429. The molecule has 2 saturated heterocycles. The van der Waals surface area contributed by atoms with Crippen LogP contribution in [0, 0.1) is 17.2 Å². The van der Waals surface area contributed by atoms with Crippen LogP contribution in [-0.4, -0.2) is 36.4 Å². The van der Waals surface area contributed by atoms with Crippen LogP contribution in [0.5, 0.6) is 0 Å². The van der Waals surface area contributed by atoms with E-state index in [4.69, 9.17) is 19.5 Å². The quantitative estimate of drug-likeness (QED) is 0.319. The van der Waals surface area contributed by atoms with E-state index in [2.05, 4.69) is 18.7 Å².